The minimum absolute atomic E-state index is 0.255. The zero-order valence-electron chi connectivity index (χ0n) is 14.9. The van der Waals surface area contributed by atoms with Gasteiger partial charge in [0.25, 0.3) is 5.91 Å². The molecule has 1 N–H and O–H groups in total. The molecule has 1 amide bonds. The van der Waals surface area contributed by atoms with Gasteiger partial charge in [0.2, 0.25) is 0 Å². The Kier molecular flexibility index (Phi) is 5.02. The number of amides is 1. The lowest BCUT2D eigenvalue weighted by atomic mass is 10.1. The van der Waals surface area contributed by atoms with E-state index in [-0.39, 0.29) is 11.9 Å². The maximum absolute atomic E-state index is 14.0. The van der Waals surface area contributed by atoms with Crippen molar-refractivity contribution >= 4 is 5.91 Å². The summed E-state index contributed by atoms with van der Waals surface area (Å²) in [5, 5.41) is 7.11. The highest BCUT2D eigenvalue weighted by Crippen LogP contribution is 2.25. The van der Waals surface area contributed by atoms with E-state index in [4.69, 9.17) is 4.74 Å². The van der Waals surface area contributed by atoms with Crippen LogP contribution in [-0.4, -0.2) is 22.8 Å². The zero-order valence-corrected chi connectivity index (χ0v) is 14.9. The molecule has 5 nitrogen and oxygen atoms in total. The molecule has 6 heteroatoms. The number of rotatable bonds is 5. The van der Waals surface area contributed by atoms with Gasteiger partial charge in [-0.25, -0.2) is 9.07 Å². The number of aromatic nitrogens is 2. The second kappa shape index (κ2) is 7.39. The Labute approximate surface area is 151 Å². The van der Waals surface area contributed by atoms with Crippen molar-refractivity contribution < 1.29 is 13.9 Å². The standard InChI is InChI=1S/C20H20FN3O2/c1-13(15-8-4-7-11-19(15)26-3)23-20(25)16-12-22-24(14(16)2)18-10-6-5-9-17(18)21/h4-13H,1-3H3,(H,23,25). The van der Waals surface area contributed by atoms with Gasteiger partial charge in [-0.1, -0.05) is 30.3 Å². The van der Waals surface area contributed by atoms with E-state index < -0.39 is 5.82 Å². The van der Waals surface area contributed by atoms with Crippen molar-refractivity contribution in [3.05, 3.63) is 77.4 Å². The molecule has 134 valence electrons. The van der Waals surface area contributed by atoms with Crippen LogP contribution in [0.4, 0.5) is 4.39 Å². The fraction of sp³-hybridized carbons (Fsp3) is 0.200. The molecule has 0 bridgehead atoms. The highest BCUT2D eigenvalue weighted by molar-refractivity contribution is 5.95. The molecule has 0 saturated heterocycles. The van der Waals surface area contributed by atoms with Gasteiger partial charge in [0, 0.05) is 5.56 Å². The van der Waals surface area contributed by atoms with E-state index in [9.17, 15) is 9.18 Å². The number of para-hydroxylation sites is 2. The van der Waals surface area contributed by atoms with Crippen molar-refractivity contribution in [1.29, 1.82) is 0 Å². The number of methoxy groups -OCH3 is 1. The van der Waals surface area contributed by atoms with Crippen LogP contribution in [0.5, 0.6) is 5.75 Å². The fourth-order valence-electron chi connectivity index (χ4n) is 2.88. The lowest BCUT2D eigenvalue weighted by Crippen LogP contribution is -2.27. The monoisotopic (exact) mass is 353 g/mol. The number of carbonyl (C=O) groups is 1. The van der Waals surface area contributed by atoms with Gasteiger partial charge in [0.1, 0.15) is 17.3 Å². The summed E-state index contributed by atoms with van der Waals surface area (Å²) in [5.41, 5.74) is 2.15. The molecule has 1 heterocycles. The van der Waals surface area contributed by atoms with E-state index in [1.807, 2.05) is 31.2 Å². The van der Waals surface area contributed by atoms with Crippen LogP contribution in [0.15, 0.2) is 54.7 Å². The Bertz CT molecular complexity index is 936. The number of carbonyl (C=O) groups excluding carboxylic acids is 1. The van der Waals surface area contributed by atoms with Crippen LogP contribution in [0.2, 0.25) is 0 Å². The first kappa shape index (κ1) is 17.7. The first-order valence-corrected chi connectivity index (χ1v) is 8.26. The maximum Gasteiger partial charge on any atom is 0.255 e. The van der Waals surface area contributed by atoms with Crippen LogP contribution in [-0.2, 0) is 0 Å². The van der Waals surface area contributed by atoms with E-state index in [2.05, 4.69) is 10.4 Å². The van der Waals surface area contributed by atoms with Crippen LogP contribution >= 0.6 is 0 Å². The zero-order chi connectivity index (χ0) is 18.7. The molecule has 0 spiro atoms. The van der Waals surface area contributed by atoms with Crippen molar-refractivity contribution in [1.82, 2.24) is 15.1 Å². The van der Waals surface area contributed by atoms with Crippen molar-refractivity contribution in [2.24, 2.45) is 0 Å². The predicted octanol–water partition coefficient (Wildman–Crippen LogP) is 3.82. The van der Waals surface area contributed by atoms with Crippen LogP contribution < -0.4 is 10.1 Å². The van der Waals surface area contributed by atoms with E-state index in [1.54, 1.807) is 32.2 Å². The Hall–Kier alpha value is -3.15. The first-order chi connectivity index (χ1) is 12.5. The summed E-state index contributed by atoms with van der Waals surface area (Å²) in [7, 11) is 1.59. The molecule has 26 heavy (non-hydrogen) atoms. The molecule has 0 saturated carbocycles. The highest BCUT2D eigenvalue weighted by atomic mass is 19.1. The van der Waals surface area contributed by atoms with Gasteiger partial charge >= 0.3 is 0 Å². The summed E-state index contributed by atoms with van der Waals surface area (Å²) in [4.78, 5) is 12.7. The van der Waals surface area contributed by atoms with E-state index in [1.165, 1.54) is 16.9 Å². The second-order valence-electron chi connectivity index (χ2n) is 5.94. The predicted molar refractivity (Wildman–Crippen MR) is 97.1 cm³/mol. The Balaban J connectivity index is 1.84. The molecule has 0 radical (unpaired) electrons. The molecule has 0 fully saturated rings. The minimum Gasteiger partial charge on any atom is -0.496 e. The van der Waals surface area contributed by atoms with E-state index >= 15 is 0 Å². The van der Waals surface area contributed by atoms with Crippen molar-refractivity contribution in [3.8, 4) is 11.4 Å². The largest absolute Gasteiger partial charge is 0.496 e. The molecular weight excluding hydrogens is 333 g/mol. The van der Waals surface area contributed by atoms with Crippen molar-refractivity contribution in [2.45, 2.75) is 19.9 Å². The summed E-state index contributed by atoms with van der Waals surface area (Å²) >= 11 is 0. The molecule has 0 aliphatic carbocycles. The number of hydrogen-bond acceptors (Lipinski definition) is 3. The third-order valence-electron chi connectivity index (χ3n) is 4.29. The molecule has 1 atom stereocenters. The Morgan fingerprint density at radius 1 is 1.19 bits per heavy atom. The molecule has 3 rings (SSSR count). The summed E-state index contributed by atoms with van der Waals surface area (Å²) < 4.78 is 20.8. The van der Waals surface area contributed by atoms with Crippen LogP contribution in [0.25, 0.3) is 5.69 Å². The smallest absolute Gasteiger partial charge is 0.255 e. The topological polar surface area (TPSA) is 56.1 Å². The highest BCUT2D eigenvalue weighted by Gasteiger charge is 2.20. The SMILES string of the molecule is COc1ccccc1C(C)NC(=O)c1cnn(-c2ccccc2F)c1C. The Morgan fingerprint density at radius 3 is 2.62 bits per heavy atom. The van der Waals surface area contributed by atoms with Gasteiger partial charge in [-0.2, -0.15) is 5.10 Å². The van der Waals surface area contributed by atoms with Gasteiger partial charge in [-0.05, 0) is 32.0 Å². The van der Waals surface area contributed by atoms with Gasteiger partial charge in [0.15, 0.2) is 0 Å². The molecule has 0 aliphatic rings. The summed E-state index contributed by atoms with van der Waals surface area (Å²) in [6, 6.07) is 13.6. The molecule has 0 aliphatic heterocycles. The molecule has 1 unspecified atom stereocenters. The lowest BCUT2D eigenvalue weighted by molar-refractivity contribution is 0.0939. The maximum atomic E-state index is 14.0. The van der Waals surface area contributed by atoms with Gasteiger partial charge in [-0.15, -0.1) is 0 Å². The van der Waals surface area contributed by atoms with E-state index in [0.29, 0.717) is 22.7 Å². The van der Waals surface area contributed by atoms with Gasteiger partial charge < -0.3 is 10.1 Å². The number of halogens is 1. The average molecular weight is 353 g/mol. The molecule has 1 aromatic heterocycles. The molecule has 2 aromatic carbocycles. The minimum atomic E-state index is -0.395. The third kappa shape index (κ3) is 3.31. The normalized spacial score (nSPS) is 11.8. The molecule has 3 aromatic rings. The number of nitrogens with one attached hydrogen (secondary N) is 1. The number of ether oxygens (including phenoxy) is 1. The summed E-state index contributed by atoms with van der Waals surface area (Å²) in [6.07, 6.45) is 1.45. The number of nitrogens with zero attached hydrogens (tertiary/aromatic N) is 2. The van der Waals surface area contributed by atoms with Gasteiger partial charge in [-0.3, -0.25) is 4.79 Å². The molecular formula is C20H20FN3O2. The van der Waals surface area contributed by atoms with Gasteiger partial charge in [0.05, 0.1) is 30.6 Å². The fourth-order valence-corrected chi connectivity index (χ4v) is 2.88. The van der Waals surface area contributed by atoms with Crippen LogP contribution in [0.3, 0.4) is 0 Å². The van der Waals surface area contributed by atoms with Crippen molar-refractivity contribution in [2.75, 3.05) is 7.11 Å². The summed E-state index contributed by atoms with van der Waals surface area (Å²) in [5.74, 6) is 0.0376. The summed E-state index contributed by atoms with van der Waals surface area (Å²) in [6.45, 7) is 3.62. The number of hydrogen-bond donors (Lipinski definition) is 1. The Morgan fingerprint density at radius 2 is 1.88 bits per heavy atom. The lowest BCUT2D eigenvalue weighted by Gasteiger charge is -2.17. The quantitative estimate of drug-likeness (QED) is 0.759. The first-order valence-electron chi connectivity index (χ1n) is 8.26. The second-order valence-corrected chi connectivity index (χ2v) is 5.94. The third-order valence-corrected chi connectivity index (χ3v) is 4.29. The van der Waals surface area contributed by atoms with Crippen LogP contribution in [0.1, 0.15) is 34.6 Å². The van der Waals surface area contributed by atoms with E-state index in [0.717, 1.165) is 5.56 Å². The average Bonchev–Trinajstić information content (AvgIpc) is 3.03. The van der Waals surface area contributed by atoms with Crippen LogP contribution in [0, 0.1) is 12.7 Å². The number of benzene rings is 2. The van der Waals surface area contributed by atoms with Crippen molar-refractivity contribution in [3.63, 3.8) is 0 Å².